The molecule has 9 heteroatoms. The quantitative estimate of drug-likeness (QED) is 0.407. The van der Waals surface area contributed by atoms with Crippen LogP contribution < -0.4 is 5.32 Å². The van der Waals surface area contributed by atoms with Crippen molar-refractivity contribution in [2.24, 2.45) is 0 Å². The smallest absolute Gasteiger partial charge is 0.306 e. The van der Waals surface area contributed by atoms with Gasteiger partial charge in [-0.05, 0) is 31.9 Å². The number of hydrogen-bond acceptors (Lipinski definition) is 3. The average Bonchev–Trinajstić information content (AvgIpc) is 3.04. The highest BCUT2D eigenvalue weighted by atomic mass is 19.4. The van der Waals surface area contributed by atoms with Gasteiger partial charge in [0.15, 0.2) is 5.82 Å². The van der Waals surface area contributed by atoms with Gasteiger partial charge in [0.2, 0.25) is 5.91 Å². The molecule has 1 aromatic heterocycles. The van der Waals surface area contributed by atoms with E-state index in [-0.39, 0.29) is 17.2 Å². The van der Waals surface area contributed by atoms with Crippen molar-refractivity contribution < 1.29 is 27.2 Å². The highest BCUT2D eigenvalue weighted by Crippen LogP contribution is 2.32. The summed E-state index contributed by atoms with van der Waals surface area (Å²) in [5.74, 6) is -1.71. The number of unbranched alkanes of at least 4 members (excludes halogenated alkanes) is 1. The minimum absolute atomic E-state index is 0.123. The number of ketones is 1. The van der Waals surface area contributed by atoms with Crippen LogP contribution >= 0.6 is 0 Å². The predicted molar refractivity (Wildman–Crippen MR) is 95.8 cm³/mol. The summed E-state index contributed by atoms with van der Waals surface area (Å²) in [5.41, 5.74) is -1.74. The van der Waals surface area contributed by atoms with Crippen LogP contribution in [0.1, 0.15) is 37.3 Å². The Morgan fingerprint density at radius 2 is 1.96 bits per heavy atom. The predicted octanol–water partition coefficient (Wildman–Crippen LogP) is 4.45. The third kappa shape index (κ3) is 6.33. The number of halogens is 4. The number of benzene rings is 1. The number of amides is 1. The summed E-state index contributed by atoms with van der Waals surface area (Å²) < 4.78 is 53.6. The maximum atomic E-state index is 13.9. The number of nitrogens with one attached hydrogen (secondary N) is 1. The molecule has 1 heterocycles. The Labute approximate surface area is 159 Å². The standard InChI is InChI=1S/C19H19F4N3O2/c1-13(27)5-2-3-11-26-12-10-16(25-26)24-17(28)9-8-14-6-4-7-15(18(14)20)19(21,22)23/h4,6-10,12H,2-3,5,11H2,1H3,(H,24,25,28)/b9-8+. The first kappa shape index (κ1) is 21.3. The lowest BCUT2D eigenvalue weighted by atomic mass is 10.1. The van der Waals surface area contributed by atoms with Crippen LogP contribution in [-0.4, -0.2) is 21.5 Å². The largest absolute Gasteiger partial charge is 0.419 e. The van der Waals surface area contributed by atoms with Gasteiger partial charge in [-0.1, -0.05) is 12.1 Å². The van der Waals surface area contributed by atoms with E-state index in [1.807, 2.05) is 0 Å². The number of carbonyl (C=O) groups is 2. The van der Waals surface area contributed by atoms with Gasteiger partial charge in [0, 0.05) is 36.9 Å². The molecule has 2 aromatic rings. The third-order valence-corrected chi connectivity index (χ3v) is 3.81. The minimum atomic E-state index is -4.81. The molecule has 0 atom stereocenters. The molecule has 0 aliphatic rings. The first-order valence-electron chi connectivity index (χ1n) is 8.54. The molecule has 0 fully saturated rings. The van der Waals surface area contributed by atoms with E-state index >= 15 is 0 Å². The number of alkyl halides is 3. The van der Waals surface area contributed by atoms with E-state index in [2.05, 4.69) is 10.4 Å². The van der Waals surface area contributed by atoms with Crippen LogP contribution in [0.4, 0.5) is 23.4 Å². The molecule has 1 amide bonds. The first-order valence-corrected chi connectivity index (χ1v) is 8.54. The van der Waals surface area contributed by atoms with Crippen molar-refractivity contribution in [2.45, 2.75) is 38.9 Å². The van der Waals surface area contributed by atoms with Gasteiger partial charge in [0.25, 0.3) is 0 Å². The Kier molecular flexibility index (Phi) is 7.08. The van der Waals surface area contributed by atoms with Gasteiger partial charge in [-0.25, -0.2) is 4.39 Å². The summed E-state index contributed by atoms with van der Waals surface area (Å²) in [5, 5.41) is 6.58. The van der Waals surface area contributed by atoms with Crippen LogP contribution in [0.5, 0.6) is 0 Å². The van der Waals surface area contributed by atoms with E-state index in [0.717, 1.165) is 37.1 Å². The molecule has 0 radical (unpaired) electrons. The molecule has 0 aliphatic carbocycles. The number of aryl methyl sites for hydroxylation is 1. The Morgan fingerprint density at radius 1 is 1.21 bits per heavy atom. The van der Waals surface area contributed by atoms with E-state index in [1.54, 1.807) is 16.9 Å². The topological polar surface area (TPSA) is 64.0 Å². The number of anilines is 1. The molecule has 5 nitrogen and oxygen atoms in total. The van der Waals surface area contributed by atoms with E-state index in [1.165, 1.54) is 6.92 Å². The molecule has 0 unspecified atom stereocenters. The average molecular weight is 397 g/mol. The number of aromatic nitrogens is 2. The summed E-state index contributed by atoms with van der Waals surface area (Å²) >= 11 is 0. The van der Waals surface area contributed by atoms with Gasteiger partial charge >= 0.3 is 6.18 Å². The zero-order chi connectivity index (χ0) is 20.7. The molecule has 1 aromatic carbocycles. The summed E-state index contributed by atoms with van der Waals surface area (Å²) in [6, 6.07) is 4.40. The zero-order valence-corrected chi connectivity index (χ0v) is 15.1. The Balaban J connectivity index is 1.93. The van der Waals surface area contributed by atoms with Gasteiger partial charge in [0.05, 0.1) is 5.56 Å². The van der Waals surface area contributed by atoms with Crippen LogP contribution in [0.3, 0.4) is 0 Å². The summed E-state index contributed by atoms with van der Waals surface area (Å²) in [6.45, 7) is 2.11. The van der Waals surface area contributed by atoms with Crippen LogP contribution in [0.15, 0.2) is 36.5 Å². The monoisotopic (exact) mass is 397 g/mol. The SMILES string of the molecule is CC(=O)CCCCn1ccc(NC(=O)/C=C/c2cccc(C(F)(F)F)c2F)n1. The summed E-state index contributed by atoms with van der Waals surface area (Å²) in [6.07, 6.45) is 0.740. The third-order valence-electron chi connectivity index (χ3n) is 3.81. The molecule has 0 spiro atoms. The highest BCUT2D eigenvalue weighted by Gasteiger charge is 2.34. The lowest BCUT2D eigenvalue weighted by molar-refractivity contribution is -0.140. The molecule has 1 N–H and O–H groups in total. The van der Waals surface area contributed by atoms with Crippen molar-refractivity contribution in [3.8, 4) is 0 Å². The second-order valence-electron chi connectivity index (χ2n) is 6.15. The number of rotatable bonds is 8. The number of carbonyl (C=O) groups excluding carboxylic acids is 2. The Bertz CT molecular complexity index is 872. The number of hydrogen-bond donors (Lipinski definition) is 1. The second kappa shape index (κ2) is 9.29. The van der Waals surface area contributed by atoms with E-state index < -0.39 is 23.5 Å². The normalized spacial score (nSPS) is 11.8. The van der Waals surface area contributed by atoms with Crippen molar-refractivity contribution in [1.82, 2.24) is 9.78 Å². The fraction of sp³-hybridized carbons (Fsp3) is 0.316. The fourth-order valence-electron chi connectivity index (χ4n) is 2.43. The summed E-state index contributed by atoms with van der Waals surface area (Å²) in [4.78, 5) is 22.8. The van der Waals surface area contributed by atoms with Crippen molar-refractivity contribution >= 4 is 23.6 Å². The van der Waals surface area contributed by atoms with Gasteiger partial charge in [-0.2, -0.15) is 18.3 Å². The molecule has 0 bridgehead atoms. The number of Topliss-reactive ketones (excluding diaryl/α,β-unsaturated/α-hetero) is 1. The van der Waals surface area contributed by atoms with E-state index in [0.29, 0.717) is 19.0 Å². The zero-order valence-electron chi connectivity index (χ0n) is 15.1. The van der Waals surface area contributed by atoms with Crippen LogP contribution in [0.25, 0.3) is 6.08 Å². The van der Waals surface area contributed by atoms with Crippen LogP contribution in [0.2, 0.25) is 0 Å². The molecule has 0 saturated carbocycles. The van der Waals surface area contributed by atoms with Crippen molar-refractivity contribution in [3.05, 3.63) is 53.5 Å². The van der Waals surface area contributed by atoms with E-state index in [9.17, 15) is 27.2 Å². The van der Waals surface area contributed by atoms with Gasteiger partial charge in [-0.15, -0.1) is 0 Å². The van der Waals surface area contributed by atoms with Gasteiger partial charge in [-0.3, -0.25) is 9.48 Å². The number of nitrogens with zero attached hydrogens (tertiary/aromatic N) is 2. The van der Waals surface area contributed by atoms with Gasteiger partial charge in [0.1, 0.15) is 11.6 Å². The van der Waals surface area contributed by atoms with Crippen LogP contribution in [-0.2, 0) is 22.3 Å². The van der Waals surface area contributed by atoms with Crippen molar-refractivity contribution in [2.75, 3.05) is 5.32 Å². The molecule has 2 rings (SSSR count). The van der Waals surface area contributed by atoms with Crippen molar-refractivity contribution in [1.29, 1.82) is 0 Å². The van der Waals surface area contributed by atoms with Crippen LogP contribution in [0, 0.1) is 5.82 Å². The van der Waals surface area contributed by atoms with E-state index in [4.69, 9.17) is 0 Å². The lowest BCUT2D eigenvalue weighted by Crippen LogP contribution is -2.10. The maximum absolute atomic E-state index is 13.9. The minimum Gasteiger partial charge on any atom is -0.306 e. The Morgan fingerprint density at radius 3 is 2.64 bits per heavy atom. The second-order valence-corrected chi connectivity index (χ2v) is 6.15. The molecule has 150 valence electrons. The molecule has 28 heavy (non-hydrogen) atoms. The van der Waals surface area contributed by atoms with Gasteiger partial charge < -0.3 is 10.1 Å². The Hall–Kier alpha value is -2.97. The first-order chi connectivity index (χ1) is 13.2. The summed E-state index contributed by atoms with van der Waals surface area (Å²) in [7, 11) is 0. The molecule has 0 saturated heterocycles. The molecular formula is C19H19F4N3O2. The van der Waals surface area contributed by atoms with Crippen molar-refractivity contribution in [3.63, 3.8) is 0 Å². The maximum Gasteiger partial charge on any atom is 0.419 e. The fourth-order valence-corrected chi connectivity index (χ4v) is 2.43. The highest BCUT2D eigenvalue weighted by molar-refractivity contribution is 6.01. The molecular weight excluding hydrogens is 378 g/mol. The lowest BCUT2D eigenvalue weighted by Gasteiger charge is -2.09. The molecule has 0 aliphatic heterocycles.